The number of alkyl halides is 2. The van der Waals surface area contributed by atoms with Gasteiger partial charge >= 0.3 is 0 Å². The topological polar surface area (TPSA) is 89.3 Å². The molecule has 1 amide bonds. The molecule has 158 valence electrons. The van der Waals surface area contributed by atoms with Gasteiger partial charge in [0.1, 0.15) is 29.4 Å². The van der Waals surface area contributed by atoms with Crippen LogP contribution in [0.2, 0.25) is 0 Å². The lowest BCUT2D eigenvalue weighted by Gasteiger charge is -2.32. The molecule has 1 aliphatic rings. The first kappa shape index (κ1) is 20.2. The van der Waals surface area contributed by atoms with Gasteiger partial charge in [-0.2, -0.15) is 10.2 Å². The van der Waals surface area contributed by atoms with E-state index in [0.717, 1.165) is 5.69 Å². The Bertz CT molecular complexity index is 1070. The van der Waals surface area contributed by atoms with E-state index in [1.54, 1.807) is 25.1 Å². The number of ether oxygens (including phenoxy) is 1. The van der Waals surface area contributed by atoms with Crippen molar-refractivity contribution in [2.24, 2.45) is 0 Å². The molecular weight excluding hydrogens is 394 g/mol. The predicted molar refractivity (Wildman–Crippen MR) is 106 cm³/mol. The van der Waals surface area contributed by atoms with Crippen molar-refractivity contribution >= 4 is 16.9 Å². The van der Waals surface area contributed by atoms with Gasteiger partial charge < -0.3 is 19.8 Å². The van der Waals surface area contributed by atoms with E-state index in [0.29, 0.717) is 34.7 Å². The molecule has 1 atom stereocenters. The number of carbonyl (C=O) groups excluding carboxylic acids is 1. The second kappa shape index (κ2) is 7.98. The third kappa shape index (κ3) is 4.11. The van der Waals surface area contributed by atoms with Crippen LogP contribution in [0.5, 0.6) is 5.75 Å². The summed E-state index contributed by atoms with van der Waals surface area (Å²) in [5.41, 5.74) is 2.19. The zero-order valence-corrected chi connectivity index (χ0v) is 16.7. The van der Waals surface area contributed by atoms with Crippen molar-refractivity contribution in [1.29, 1.82) is 0 Å². The Morgan fingerprint density at radius 1 is 1.30 bits per heavy atom. The Morgan fingerprint density at radius 2 is 2.13 bits per heavy atom. The van der Waals surface area contributed by atoms with Gasteiger partial charge in [-0.25, -0.2) is 8.78 Å². The Morgan fingerprint density at radius 3 is 2.87 bits per heavy atom. The van der Waals surface area contributed by atoms with Gasteiger partial charge in [0.15, 0.2) is 0 Å². The van der Waals surface area contributed by atoms with Crippen LogP contribution in [0, 0.1) is 13.8 Å². The summed E-state index contributed by atoms with van der Waals surface area (Å²) in [5, 5.41) is 13.7. The fourth-order valence-corrected chi connectivity index (χ4v) is 3.48. The second-order valence-corrected chi connectivity index (χ2v) is 7.40. The number of fused-ring (bicyclic) bond motifs is 1. The van der Waals surface area contributed by atoms with E-state index in [1.165, 1.54) is 0 Å². The van der Waals surface area contributed by atoms with E-state index in [9.17, 15) is 13.6 Å². The molecular formula is C21H22F2N4O3. The standard InChI is InChI=1S/C21H22F2N4O3/c1-12-3-4-14(27-26-12)10-29-15-5-6-17-16(9-15)19(13(2)30-17)20(28)25-18-7-8-24-11-21(18,22)23/h3-6,9,18,24H,7-8,10-11H2,1-2H3,(H,25,28). The first-order valence-corrected chi connectivity index (χ1v) is 9.68. The molecule has 1 fully saturated rings. The molecule has 3 heterocycles. The van der Waals surface area contributed by atoms with Crippen LogP contribution in [0.15, 0.2) is 34.7 Å². The smallest absolute Gasteiger partial charge is 0.280 e. The minimum atomic E-state index is -3.01. The maximum Gasteiger partial charge on any atom is 0.280 e. The van der Waals surface area contributed by atoms with Gasteiger partial charge in [0.05, 0.1) is 23.8 Å². The van der Waals surface area contributed by atoms with Gasteiger partial charge in [-0.3, -0.25) is 4.79 Å². The molecule has 1 aromatic carbocycles. The highest BCUT2D eigenvalue weighted by molar-refractivity contribution is 6.07. The molecule has 2 N–H and O–H groups in total. The van der Waals surface area contributed by atoms with E-state index in [1.807, 2.05) is 19.1 Å². The number of carbonyl (C=O) groups is 1. The number of furan rings is 1. The Hall–Kier alpha value is -3.07. The van der Waals surface area contributed by atoms with Crippen molar-refractivity contribution in [3.8, 4) is 5.75 Å². The van der Waals surface area contributed by atoms with Crippen LogP contribution >= 0.6 is 0 Å². The maximum atomic E-state index is 14.1. The SMILES string of the molecule is Cc1ccc(COc2ccc3oc(C)c(C(=O)NC4CCNCC4(F)F)c3c2)nn1. The summed E-state index contributed by atoms with van der Waals surface area (Å²) in [4.78, 5) is 12.8. The summed E-state index contributed by atoms with van der Waals surface area (Å²) in [6.45, 7) is 3.66. The number of aromatic nitrogens is 2. The number of halogens is 2. The van der Waals surface area contributed by atoms with E-state index in [-0.39, 0.29) is 18.6 Å². The Kier molecular flexibility index (Phi) is 5.38. The van der Waals surface area contributed by atoms with Gasteiger partial charge in [0.2, 0.25) is 0 Å². The lowest BCUT2D eigenvalue weighted by Crippen LogP contribution is -2.57. The molecule has 3 aromatic rings. The van der Waals surface area contributed by atoms with Crippen LogP contribution in [0.4, 0.5) is 8.78 Å². The minimum absolute atomic E-state index is 0.152. The number of piperidine rings is 1. The first-order valence-electron chi connectivity index (χ1n) is 9.68. The average molecular weight is 416 g/mol. The highest BCUT2D eigenvalue weighted by Crippen LogP contribution is 2.30. The van der Waals surface area contributed by atoms with E-state index < -0.39 is 24.4 Å². The lowest BCUT2D eigenvalue weighted by molar-refractivity contribution is -0.0487. The Balaban J connectivity index is 1.55. The third-order valence-corrected chi connectivity index (χ3v) is 5.09. The molecule has 9 heteroatoms. The van der Waals surface area contributed by atoms with Crippen LogP contribution < -0.4 is 15.4 Å². The number of aryl methyl sites for hydroxylation is 2. The van der Waals surface area contributed by atoms with Crippen LogP contribution in [-0.4, -0.2) is 41.2 Å². The number of amides is 1. The largest absolute Gasteiger partial charge is 0.487 e. The summed E-state index contributed by atoms with van der Waals surface area (Å²) < 4.78 is 39.6. The van der Waals surface area contributed by atoms with Crippen LogP contribution in [0.25, 0.3) is 11.0 Å². The molecule has 1 unspecified atom stereocenters. The highest BCUT2D eigenvalue weighted by atomic mass is 19.3. The summed E-state index contributed by atoms with van der Waals surface area (Å²) >= 11 is 0. The number of hydrogen-bond donors (Lipinski definition) is 2. The van der Waals surface area contributed by atoms with Gasteiger partial charge in [0, 0.05) is 5.39 Å². The van der Waals surface area contributed by atoms with Crippen LogP contribution in [0.1, 0.15) is 33.9 Å². The summed E-state index contributed by atoms with van der Waals surface area (Å²) in [6.07, 6.45) is 0.152. The van der Waals surface area contributed by atoms with Crippen molar-refractivity contribution in [2.75, 3.05) is 13.1 Å². The zero-order chi connectivity index (χ0) is 21.3. The highest BCUT2D eigenvalue weighted by Gasteiger charge is 2.42. The Labute approximate surface area is 171 Å². The minimum Gasteiger partial charge on any atom is -0.487 e. The van der Waals surface area contributed by atoms with Crippen molar-refractivity contribution in [3.63, 3.8) is 0 Å². The number of nitrogens with zero attached hydrogens (tertiary/aromatic N) is 2. The molecule has 1 aliphatic heterocycles. The molecule has 30 heavy (non-hydrogen) atoms. The van der Waals surface area contributed by atoms with Gasteiger partial charge in [-0.1, -0.05) is 0 Å². The number of rotatable bonds is 5. The molecule has 0 saturated carbocycles. The normalized spacial score (nSPS) is 18.3. The molecule has 0 spiro atoms. The molecule has 4 rings (SSSR count). The molecule has 7 nitrogen and oxygen atoms in total. The van der Waals surface area contributed by atoms with Crippen LogP contribution in [0.3, 0.4) is 0 Å². The molecule has 0 bridgehead atoms. The van der Waals surface area contributed by atoms with Crippen molar-refractivity contribution in [3.05, 3.63) is 53.0 Å². The van der Waals surface area contributed by atoms with Crippen molar-refractivity contribution in [2.45, 2.75) is 38.8 Å². The maximum absolute atomic E-state index is 14.1. The third-order valence-electron chi connectivity index (χ3n) is 5.09. The van der Waals surface area contributed by atoms with Crippen molar-refractivity contribution < 1.29 is 22.7 Å². The first-order chi connectivity index (χ1) is 14.3. The van der Waals surface area contributed by atoms with Gasteiger partial charge in [-0.15, -0.1) is 0 Å². The van der Waals surface area contributed by atoms with E-state index in [4.69, 9.17) is 9.15 Å². The lowest BCUT2D eigenvalue weighted by atomic mass is 10.0. The molecule has 0 aliphatic carbocycles. The van der Waals surface area contributed by atoms with E-state index in [2.05, 4.69) is 20.8 Å². The number of benzene rings is 1. The number of hydrogen-bond acceptors (Lipinski definition) is 6. The summed E-state index contributed by atoms with van der Waals surface area (Å²) in [7, 11) is 0. The van der Waals surface area contributed by atoms with Gasteiger partial charge in [0.25, 0.3) is 11.8 Å². The second-order valence-electron chi connectivity index (χ2n) is 7.40. The molecule has 2 aromatic heterocycles. The van der Waals surface area contributed by atoms with Gasteiger partial charge in [-0.05, 0) is 57.1 Å². The average Bonchev–Trinajstić information content (AvgIpc) is 3.04. The number of nitrogens with one attached hydrogen (secondary N) is 2. The van der Waals surface area contributed by atoms with E-state index >= 15 is 0 Å². The fourth-order valence-electron chi connectivity index (χ4n) is 3.48. The molecule has 0 radical (unpaired) electrons. The monoisotopic (exact) mass is 416 g/mol. The zero-order valence-electron chi connectivity index (χ0n) is 16.7. The predicted octanol–water partition coefficient (Wildman–Crippen LogP) is 3.15. The quantitative estimate of drug-likeness (QED) is 0.664. The van der Waals surface area contributed by atoms with Crippen molar-refractivity contribution in [1.82, 2.24) is 20.8 Å². The summed E-state index contributed by atoms with van der Waals surface area (Å²) in [5.74, 6) is -2.72. The summed E-state index contributed by atoms with van der Waals surface area (Å²) in [6, 6.07) is 7.51. The fraction of sp³-hybridized carbons (Fsp3) is 0.381. The van der Waals surface area contributed by atoms with Crippen LogP contribution in [-0.2, 0) is 6.61 Å². The molecule has 1 saturated heterocycles.